The molecule has 0 atom stereocenters. The van der Waals surface area contributed by atoms with Gasteiger partial charge in [0.1, 0.15) is 0 Å². The highest BCUT2D eigenvalue weighted by Gasteiger charge is 2.27. The number of halogens is 1. The summed E-state index contributed by atoms with van der Waals surface area (Å²) in [4.78, 5) is 12.2. The second-order valence-corrected chi connectivity index (χ2v) is 5.72. The molecule has 0 spiro atoms. The Morgan fingerprint density at radius 3 is 2.95 bits per heavy atom. The van der Waals surface area contributed by atoms with Gasteiger partial charge in [-0.3, -0.25) is 4.79 Å². The highest BCUT2D eigenvalue weighted by Crippen LogP contribution is 2.16. The van der Waals surface area contributed by atoms with Gasteiger partial charge in [-0.05, 0) is 28.7 Å². The van der Waals surface area contributed by atoms with E-state index in [1.807, 2.05) is 36.4 Å². The van der Waals surface area contributed by atoms with Crippen molar-refractivity contribution in [1.29, 1.82) is 0 Å². The minimum absolute atomic E-state index is 0.0552. The van der Waals surface area contributed by atoms with Crippen LogP contribution < -0.4 is 5.46 Å². The Balaban J connectivity index is 1.82. The number of ketones is 1. The molecule has 1 aliphatic rings. The Morgan fingerprint density at radius 2 is 2.15 bits per heavy atom. The lowest BCUT2D eigenvalue weighted by atomic mass is 9.78. The van der Waals surface area contributed by atoms with Gasteiger partial charge in [0, 0.05) is 16.5 Å². The first-order valence-electron chi connectivity index (χ1n) is 6.33. The van der Waals surface area contributed by atoms with Crippen molar-refractivity contribution in [2.24, 2.45) is 0 Å². The van der Waals surface area contributed by atoms with Gasteiger partial charge in [-0.2, -0.15) is 0 Å². The Kier molecular flexibility index (Phi) is 3.74. The summed E-state index contributed by atoms with van der Waals surface area (Å²) in [6.07, 6.45) is 0.316. The van der Waals surface area contributed by atoms with Crippen molar-refractivity contribution in [3.8, 4) is 0 Å². The topological polar surface area (TPSA) is 46.5 Å². The van der Waals surface area contributed by atoms with Crippen LogP contribution >= 0.6 is 15.9 Å². The van der Waals surface area contributed by atoms with Crippen molar-refractivity contribution in [1.82, 2.24) is 0 Å². The molecular weight excluding hydrogens is 319 g/mol. The number of hydrogen-bond donors (Lipinski definition) is 1. The molecule has 0 amide bonds. The van der Waals surface area contributed by atoms with Crippen molar-refractivity contribution in [2.75, 3.05) is 0 Å². The average molecular weight is 331 g/mol. The summed E-state index contributed by atoms with van der Waals surface area (Å²) in [5.41, 5.74) is 3.32. The molecule has 0 saturated heterocycles. The van der Waals surface area contributed by atoms with Crippen molar-refractivity contribution < 1.29 is 14.5 Å². The molecule has 0 bridgehead atoms. The summed E-state index contributed by atoms with van der Waals surface area (Å²) in [7, 11) is -0.870. The third kappa shape index (κ3) is 2.70. The van der Waals surface area contributed by atoms with E-state index in [2.05, 4.69) is 15.9 Å². The highest BCUT2D eigenvalue weighted by molar-refractivity contribution is 9.10. The molecule has 2 aromatic carbocycles. The minimum atomic E-state index is -0.870. The maximum absolute atomic E-state index is 12.2. The molecule has 1 heterocycles. The quantitative estimate of drug-likeness (QED) is 0.692. The van der Waals surface area contributed by atoms with Crippen molar-refractivity contribution in [3.05, 3.63) is 63.6 Å². The van der Waals surface area contributed by atoms with Gasteiger partial charge in [0.2, 0.25) is 0 Å². The van der Waals surface area contributed by atoms with Gasteiger partial charge in [-0.25, -0.2) is 0 Å². The first kappa shape index (κ1) is 13.6. The Morgan fingerprint density at radius 1 is 1.30 bits per heavy atom. The molecule has 0 saturated carbocycles. The molecule has 2 aromatic rings. The largest absolute Gasteiger partial charge is 0.491 e. The Labute approximate surface area is 125 Å². The lowest BCUT2D eigenvalue weighted by molar-refractivity contribution is 0.0993. The monoisotopic (exact) mass is 330 g/mol. The summed E-state index contributed by atoms with van der Waals surface area (Å²) in [6, 6.07) is 13.0. The molecule has 0 unspecified atom stereocenters. The highest BCUT2D eigenvalue weighted by atomic mass is 79.9. The number of benzene rings is 2. The van der Waals surface area contributed by atoms with Gasteiger partial charge in [0.15, 0.2) is 5.78 Å². The Bertz CT molecular complexity index is 672. The van der Waals surface area contributed by atoms with Crippen LogP contribution in [0.15, 0.2) is 46.9 Å². The van der Waals surface area contributed by atoms with Crippen LogP contribution in [-0.2, 0) is 17.7 Å². The standard InChI is InChI=1S/C15H12BBrO3/c17-13-3-1-2-11(8-13)15(18)7-10-4-5-12-9-20-16(19)14(12)6-10/h1-6,8,19H,7,9H2. The maximum Gasteiger partial charge on any atom is 0.491 e. The molecule has 100 valence electrons. The second kappa shape index (κ2) is 5.52. The van der Waals surface area contributed by atoms with Crippen molar-refractivity contribution >= 4 is 34.3 Å². The number of fused-ring (bicyclic) bond motifs is 1. The second-order valence-electron chi connectivity index (χ2n) is 4.81. The van der Waals surface area contributed by atoms with E-state index in [1.54, 1.807) is 6.07 Å². The van der Waals surface area contributed by atoms with Crippen LogP contribution in [-0.4, -0.2) is 17.9 Å². The average Bonchev–Trinajstić information content (AvgIpc) is 2.80. The molecule has 1 aliphatic heterocycles. The van der Waals surface area contributed by atoms with Crippen LogP contribution in [0.5, 0.6) is 0 Å². The minimum Gasteiger partial charge on any atom is -0.423 e. The summed E-state index contributed by atoms with van der Waals surface area (Å²) in [5.74, 6) is 0.0552. The first-order chi connectivity index (χ1) is 9.63. The predicted octanol–water partition coefficient (Wildman–Crippen LogP) is 2.09. The van der Waals surface area contributed by atoms with Crippen LogP contribution in [0.3, 0.4) is 0 Å². The van der Waals surface area contributed by atoms with E-state index in [9.17, 15) is 9.82 Å². The molecule has 20 heavy (non-hydrogen) atoms. The van der Waals surface area contributed by atoms with Gasteiger partial charge in [0.25, 0.3) is 0 Å². The first-order valence-corrected chi connectivity index (χ1v) is 7.13. The van der Waals surface area contributed by atoms with E-state index in [1.165, 1.54) is 0 Å². The zero-order valence-electron chi connectivity index (χ0n) is 10.7. The van der Waals surface area contributed by atoms with E-state index in [0.29, 0.717) is 18.6 Å². The fourth-order valence-corrected chi connectivity index (χ4v) is 2.72. The number of carbonyl (C=O) groups is 1. The van der Waals surface area contributed by atoms with E-state index in [4.69, 9.17) is 4.65 Å². The van der Waals surface area contributed by atoms with Gasteiger partial charge < -0.3 is 9.68 Å². The molecule has 0 aromatic heterocycles. The van der Waals surface area contributed by atoms with Gasteiger partial charge >= 0.3 is 7.12 Å². The van der Waals surface area contributed by atoms with E-state index in [-0.39, 0.29) is 5.78 Å². The van der Waals surface area contributed by atoms with Crippen molar-refractivity contribution in [3.63, 3.8) is 0 Å². The zero-order chi connectivity index (χ0) is 14.1. The third-order valence-electron chi connectivity index (χ3n) is 3.38. The molecule has 3 rings (SSSR count). The molecule has 3 nitrogen and oxygen atoms in total. The molecule has 0 fully saturated rings. The van der Waals surface area contributed by atoms with E-state index < -0.39 is 7.12 Å². The molecular formula is C15H12BBrO3. The maximum atomic E-state index is 12.2. The van der Waals surface area contributed by atoms with Crippen molar-refractivity contribution in [2.45, 2.75) is 13.0 Å². The SMILES string of the molecule is O=C(Cc1ccc2c(c1)B(O)OC2)c1cccc(Br)c1. The van der Waals surface area contributed by atoms with E-state index >= 15 is 0 Å². The summed E-state index contributed by atoms with van der Waals surface area (Å²) in [6.45, 7) is 0.427. The van der Waals surface area contributed by atoms with Crippen LogP contribution in [0.4, 0.5) is 0 Å². The summed E-state index contributed by atoms with van der Waals surface area (Å²) in [5, 5.41) is 9.68. The summed E-state index contributed by atoms with van der Waals surface area (Å²) < 4.78 is 6.04. The number of rotatable bonds is 3. The summed E-state index contributed by atoms with van der Waals surface area (Å²) >= 11 is 3.36. The molecule has 0 radical (unpaired) electrons. The van der Waals surface area contributed by atoms with Crippen LogP contribution in [0.2, 0.25) is 0 Å². The van der Waals surface area contributed by atoms with Gasteiger partial charge in [-0.1, -0.05) is 46.3 Å². The zero-order valence-corrected chi connectivity index (χ0v) is 12.3. The lowest BCUT2D eigenvalue weighted by Gasteiger charge is -2.05. The Hall–Kier alpha value is -1.43. The lowest BCUT2D eigenvalue weighted by Crippen LogP contribution is -2.28. The number of Topliss-reactive ketones (excluding diaryl/α,β-unsaturated/α-hetero) is 1. The fourth-order valence-electron chi connectivity index (χ4n) is 2.32. The van der Waals surface area contributed by atoms with Gasteiger partial charge in [0.05, 0.1) is 6.61 Å². The van der Waals surface area contributed by atoms with Crippen LogP contribution in [0.25, 0.3) is 0 Å². The normalized spacial score (nSPS) is 13.4. The predicted molar refractivity (Wildman–Crippen MR) is 81.0 cm³/mol. The molecule has 5 heteroatoms. The third-order valence-corrected chi connectivity index (χ3v) is 3.88. The fraction of sp³-hybridized carbons (Fsp3) is 0.133. The van der Waals surface area contributed by atoms with Crippen LogP contribution in [0, 0.1) is 0 Å². The van der Waals surface area contributed by atoms with Crippen LogP contribution in [0.1, 0.15) is 21.5 Å². The number of carbonyl (C=O) groups excluding carboxylic acids is 1. The van der Waals surface area contributed by atoms with Gasteiger partial charge in [-0.15, -0.1) is 0 Å². The molecule has 0 aliphatic carbocycles. The van der Waals surface area contributed by atoms with E-state index in [0.717, 1.165) is 21.1 Å². The molecule has 1 N–H and O–H groups in total. The number of hydrogen-bond acceptors (Lipinski definition) is 3. The smallest absolute Gasteiger partial charge is 0.423 e.